The molecule has 2 unspecified atom stereocenters. The summed E-state index contributed by atoms with van der Waals surface area (Å²) in [5.41, 5.74) is 1.26. The number of carboxylic acids is 1. The van der Waals surface area contributed by atoms with Gasteiger partial charge in [-0.15, -0.1) is 0 Å². The molecule has 0 bridgehead atoms. The number of carbonyl (C=O) groups excluding carboxylic acids is 1. The Bertz CT molecular complexity index is 503. The number of morpholine rings is 1. The maximum atomic E-state index is 12.5. The Morgan fingerprint density at radius 1 is 1.36 bits per heavy atom. The molecule has 0 saturated carbocycles. The van der Waals surface area contributed by atoms with Crippen LogP contribution in [0, 0.1) is 5.92 Å². The van der Waals surface area contributed by atoms with Crippen molar-refractivity contribution in [2.45, 2.75) is 32.2 Å². The zero-order valence-electron chi connectivity index (χ0n) is 12.9. The minimum atomic E-state index is -0.996. The summed E-state index contributed by atoms with van der Waals surface area (Å²) < 4.78 is 5.17. The molecule has 1 heterocycles. The molecule has 2 atom stereocenters. The molecule has 1 aliphatic rings. The number of carboxylic acid groups (broad SMARTS) is 1. The summed E-state index contributed by atoms with van der Waals surface area (Å²) in [7, 11) is 0. The van der Waals surface area contributed by atoms with Gasteiger partial charge >= 0.3 is 5.97 Å². The zero-order valence-corrected chi connectivity index (χ0v) is 12.9. The number of rotatable bonds is 6. The fourth-order valence-corrected chi connectivity index (χ4v) is 2.74. The fraction of sp³-hybridized carbons (Fsp3) is 0.529. The largest absolute Gasteiger partial charge is 0.480 e. The monoisotopic (exact) mass is 305 g/mol. The van der Waals surface area contributed by atoms with Crippen molar-refractivity contribution in [2.75, 3.05) is 19.8 Å². The van der Waals surface area contributed by atoms with Gasteiger partial charge in [0.15, 0.2) is 6.04 Å². The molecule has 5 nitrogen and oxygen atoms in total. The smallest absolute Gasteiger partial charge is 0.328 e. The van der Waals surface area contributed by atoms with Crippen molar-refractivity contribution in [3.63, 3.8) is 0 Å². The number of hydrogen-bond donors (Lipinski definition) is 1. The lowest BCUT2D eigenvalue weighted by atomic mass is 9.99. The Labute approximate surface area is 130 Å². The summed E-state index contributed by atoms with van der Waals surface area (Å²) in [4.78, 5) is 25.1. The van der Waals surface area contributed by atoms with E-state index in [1.165, 1.54) is 10.5 Å². The van der Waals surface area contributed by atoms with Gasteiger partial charge in [-0.05, 0) is 24.8 Å². The molecular formula is C17H23NO4. The lowest BCUT2D eigenvalue weighted by Crippen LogP contribution is -2.54. The van der Waals surface area contributed by atoms with Crippen LogP contribution in [0.5, 0.6) is 0 Å². The second kappa shape index (κ2) is 7.94. The lowest BCUT2D eigenvalue weighted by Gasteiger charge is -2.34. The van der Waals surface area contributed by atoms with Crippen molar-refractivity contribution in [3.8, 4) is 0 Å². The highest BCUT2D eigenvalue weighted by Gasteiger charge is 2.34. The Kier molecular flexibility index (Phi) is 5.95. The third kappa shape index (κ3) is 4.31. The van der Waals surface area contributed by atoms with Crippen molar-refractivity contribution in [3.05, 3.63) is 35.9 Å². The van der Waals surface area contributed by atoms with E-state index in [1.807, 2.05) is 25.1 Å². The van der Waals surface area contributed by atoms with Gasteiger partial charge in [0.1, 0.15) is 0 Å². The summed E-state index contributed by atoms with van der Waals surface area (Å²) in [5.74, 6) is -1.24. The molecule has 0 radical (unpaired) electrons. The quantitative estimate of drug-likeness (QED) is 0.872. The van der Waals surface area contributed by atoms with Gasteiger partial charge in [-0.3, -0.25) is 4.79 Å². The van der Waals surface area contributed by atoms with Crippen LogP contribution in [0.25, 0.3) is 0 Å². The van der Waals surface area contributed by atoms with Gasteiger partial charge in [0.05, 0.1) is 13.2 Å². The Morgan fingerprint density at radius 3 is 2.77 bits per heavy atom. The second-order valence-electron chi connectivity index (χ2n) is 5.74. The predicted molar refractivity (Wildman–Crippen MR) is 82.5 cm³/mol. The van der Waals surface area contributed by atoms with Gasteiger partial charge in [0.25, 0.3) is 0 Å². The third-order valence-corrected chi connectivity index (χ3v) is 4.06. The lowest BCUT2D eigenvalue weighted by molar-refractivity contribution is -0.160. The number of aliphatic carboxylic acids is 1. The number of aryl methyl sites for hydroxylation is 1. The molecule has 1 amide bonds. The molecular weight excluding hydrogens is 282 g/mol. The number of benzene rings is 1. The topological polar surface area (TPSA) is 66.8 Å². The van der Waals surface area contributed by atoms with Crippen LogP contribution in [0.4, 0.5) is 0 Å². The molecule has 5 heteroatoms. The first kappa shape index (κ1) is 16.5. The highest BCUT2D eigenvalue weighted by atomic mass is 16.5. The van der Waals surface area contributed by atoms with E-state index >= 15 is 0 Å². The Morgan fingerprint density at radius 2 is 2.09 bits per heavy atom. The standard InChI is InChI=1S/C17H23NO4/c1-13(6-5-9-14-7-3-2-4-8-14)16(19)18-10-11-22-12-15(18)17(20)21/h2-4,7-8,13,15H,5-6,9-12H2,1H3,(H,20,21). The molecule has 1 aliphatic heterocycles. The van der Waals surface area contributed by atoms with Crippen molar-refractivity contribution < 1.29 is 19.4 Å². The van der Waals surface area contributed by atoms with Crippen LogP contribution in [-0.2, 0) is 20.7 Å². The van der Waals surface area contributed by atoms with E-state index in [0.29, 0.717) is 13.2 Å². The van der Waals surface area contributed by atoms with Crippen LogP contribution in [0.15, 0.2) is 30.3 Å². The van der Waals surface area contributed by atoms with Gasteiger partial charge < -0.3 is 14.7 Å². The van der Waals surface area contributed by atoms with Crippen LogP contribution in [0.3, 0.4) is 0 Å². The average molecular weight is 305 g/mol. The van der Waals surface area contributed by atoms with Crippen LogP contribution in [-0.4, -0.2) is 47.7 Å². The number of ether oxygens (including phenoxy) is 1. The summed E-state index contributed by atoms with van der Waals surface area (Å²) in [6, 6.07) is 9.31. The number of carbonyl (C=O) groups is 2. The maximum absolute atomic E-state index is 12.5. The van der Waals surface area contributed by atoms with Gasteiger partial charge in [0.2, 0.25) is 5.91 Å². The van der Waals surface area contributed by atoms with Gasteiger partial charge in [-0.1, -0.05) is 37.3 Å². The summed E-state index contributed by atoms with van der Waals surface area (Å²) in [6.07, 6.45) is 2.61. The Hall–Kier alpha value is -1.88. The van der Waals surface area contributed by atoms with E-state index in [0.717, 1.165) is 19.3 Å². The molecule has 0 spiro atoms. The fourth-order valence-electron chi connectivity index (χ4n) is 2.74. The number of amides is 1. The zero-order chi connectivity index (χ0) is 15.9. The first-order valence-corrected chi connectivity index (χ1v) is 7.74. The molecule has 120 valence electrons. The minimum Gasteiger partial charge on any atom is -0.480 e. The molecule has 1 fully saturated rings. The van der Waals surface area contributed by atoms with E-state index in [9.17, 15) is 14.7 Å². The van der Waals surface area contributed by atoms with Crippen molar-refractivity contribution >= 4 is 11.9 Å². The van der Waals surface area contributed by atoms with Gasteiger partial charge in [-0.2, -0.15) is 0 Å². The molecule has 22 heavy (non-hydrogen) atoms. The molecule has 1 N–H and O–H groups in total. The molecule has 1 aromatic rings. The van der Waals surface area contributed by atoms with Crippen molar-refractivity contribution in [1.82, 2.24) is 4.90 Å². The van der Waals surface area contributed by atoms with E-state index < -0.39 is 12.0 Å². The second-order valence-corrected chi connectivity index (χ2v) is 5.74. The summed E-state index contributed by atoms with van der Waals surface area (Å²) in [5, 5.41) is 9.19. The first-order valence-electron chi connectivity index (χ1n) is 7.74. The molecule has 1 aromatic carbocycles. The summed E-state index contributed by atoms with van der Waals surface area (Å²) >= 11 is 0. The molecule has 0 aromatic heterocycles. The minimum absolute atomic E-state index is 0.0799. The highest BCUT2D eigenvalue weighted by Crippen LogP contribution is 2.17. The van der Waals surface area contributed by atoms with Crippen LogP contribution in [0.2, 0.25) is 0 Å². The van der Waals surface area contributed by atoms with Crippen LogP contribution in [0.1, 0.15) is 25.3 Å². The van der Waals surface area contributed by atoms with E-state index in [-0.39, 0.29) is 18.4 Å². The number of nitrogens with zero attached hydrogens (tertiary/aromatic N) is 1. The number of hydrogen-bond acceptors (Lipinski definition) is 3. The van der Waals surface area contributed by atoms with Crippen molar-refractivity contribution in [2.24, 2.45) is 5.92 Å². The molecule has 1 saturated heterocycles. The van der Waals surface area contributed by atoms with E-state index in [1.54, 1.807) is 0 Å². The van der Waals surface area contributed by atoms with E-state index in [2.05, 4.69) is 12.1 Å². The third-order valence-electron chi connectivity index (χ3n) is 4.06. The SMILES string of the molecule is CC(CCCc1ccccc1)C(=O)N1CCOCC1C(=O)O. The maximum Gasteiger partial charge on any atom is 0.328 e. The predicted octanol–water partition coefficient (Wildman–Crippen LogP) is 1.96. The van der Waals surface area contributed by atoms with Crippen LogP contribution < -0.4 is 0 Å². The van der Waals surface area contributed by atoms with Gasteiger partial charge in [0, 0.05) is 12.5 Å². The molecule has 0 aliphatic carbocycles. The van der Waals surface area contributed by atoms with Gasteiger partial charge in [-0.25, -0.2) is 4.79 Å². The normalized spacial score (nSPS) is 19.7. The van der Waals surface area contributed by atoms with Crippen LogP contribution >= 0.6 is 0 Å². The Balaban J connectivity index is 1.84. The van der Waals surface area contributed by atoms with E-state index in [4.69, 9.17) is 4.74 Å². The molecule has 2 rings (SSSR count). The average Bonchev–Trinajstić information content (AvgIpc) is 2.55. The summed E-state index contributed by atoms with van der Waals surface area (Å²) in [6.45, 7) is 2.73. The highest BCUT2D eigenvalue weighted by molar-refractivity contribution is 5.85. The van der Waals surface area contributed by atoms with Crippen molar-refractivity contribution in [1.29, 1.82) is 0 Å². The first-order chi connectivity index (χ1) is 10.6.